The number of hydrogen-bond donors (Lipinski definition) is 1. The molecule has 0 fully saturated rings. The number of hydrogen-bond acceptors (Lipinski definition) is 4. The Balaban J connectivity index is 2.71. The first kappa shape index (κ1) is 17.5. The maximum absolute atomic E-state index is 12.3. The summed E-state index contributed by atoms with van der Waals surface area (Å²) in [7, 11) is -1.73. The van der Waals surface area contributed by atoms with Crippen LogP contribution < -0.4 is 5.32 Å². The molecule has 1 aromatic rings. The van der Waals surface area contributed by atoms with Crippen LogP contribution in [0.2, 0.25) is 0 Å². The summed E-state index contributed by atoms with van der Waals surface area (Å²) in [4.78, 5) is 0.361. The van der Waals surface area contributed by atoms with Gasteiger partial charge in [-0.2, -0.15) is 11.8 Å². The average molecular weight is 316 g/mol. The van der Waals surface area contributed by atoms with Crippen molar-refractivity contribution in [1.82, 2.24) is 9.62 Å². The highest BCUT2D eigenvalue weighted by molar-refractivity contribution is 7.98. The second-order valence-electron chi connectivity index (χ2n) is 4.64. The Labute approximate surface area is 127 Å². The first-order chi connectivity index (χ1) is 9.52. The molecule has 0 aromatic heterocycles. The predicted octanol–water partition coefficient (Wildman–Crippen LogP) is 2.17. The number of thioether (sulfide) groups is 1. The number of rotatable bonds is 9. The minimum absolute atomic E-state index is 0.361. The molecule has 0 bridgehead atoms. The Kier molecular flexibility index (Phi) is 7.58. The van der Waals surface area contributed by atoms with Gasteiger partial charge in [0.15, 0.2) is 0 Å². The normalized spacial score (nSPS) is 12.0. The lowest BCUT2D eigenvalue weighted by Gasteiger charge is -2.16. The monoisotopic (exact) mass is 316 g/mol. The summed E-state index contributed by atoms with van der Waals surface area (Å²) in [5, 5.41) is 3.30. The van der Waals surface area contributed by atoms with Crippen molar-refractivity contribution in [3.8, 4) is 0 Å². The topological polar surface area (TPSA) is 49.4 Å². The molecule has 0 amide bonds. The molecule has 114 valence electrons. The van der Waals surface area contributed by atoms with Crippen molar-refractivity contribution in [2.24, 2.45) is 0 Å². The van der Waals surface area contributed by atoms with E-state index in [0.717, 1.165) is 30.8 Å². The molecule has 0 atom stereocenters. The van der Waals surface area contributed by atoms with Gasteiger partial charge >= 0.3 is 0 Å². The van der Waals surface area contributed by atoms with Crippen LogP contribution in [-0.2, 0) is 16.6 Å². The molecule has 0 aliphatic carbocycles. The standard InChI is InChI=1S/C14H24N2O2S2/c1-4-9-15-12-13-5-7-14(8-6-13)20(17,18)16(2)10-11-19-3/h5-8,15H,4,9-12H2,1-3H3. The van der Waals surface area contributed by atoms with Gasteiger partial charge in [0.2, 0.25) is 10.0 Å². The van der Waals surface area contributed by atoms with E-state index in [9.17, 15) is 8.42 Å². The van der Waals surface area contributed by atoms with Gasteiger partial charge in [-0.3, -0.25) is 0 Å². The van der Waals surface area contributed by atoms with Crippen LogP contribution >= 0.6 is 11.8 Å². The fourth-order valence-electron chi connectivity index (χ4n) is 1.71. The Morgan fingerprint density at radius 3 is 2.45 bits per heavy atom. The largest absolute Gasteiger partial charge is 0.313 e. The average Bonchev–Trinajstić information content (AvgIpc) is 2.45. The Hall–Kier alpha value is -0.560. The lowest BCUT2D eigenvalue weighted by molar-refractivity contribution is 0.488. The number of sulfonamides is 1. The van der Waals surface area contributed by atoms with Gasteiger partial charge in [0.05, 0.1) is 4.90 Å². The first-order valence-corrected chi connectivity index (χ1v) is 9.60. The molecule has 6 heteroatoms. The summed E-state index contributed by atoms with van der Waals surface area (Å²) < 4.78 is 26.0. The maximum Gasteiger partial charge on any atom is 0.242 e. The van der Waals surface area contributed by atoms with Crippen molar-refractivity contribution in [2.75, 3.05) is 32.1 Å². The molecule has 1 aromatic carbocycles. The third kappa shape index (κ3) is 5.09. The smallest absolute Gasteiger partial charge is 0.242 e. The van der Waals surface area contributed by atoms with Gasteiger partial charge in [0.25, 0.3) is 0 Å². The first-order valence-electron chi connectivity index (χ1n) is 6.77. The lowest BCUT2D eigenvalue weighted by atomic mass is 10.2. The fourth-order valence-corrected chi connectivity index (χ4v) is 3.45. The van der Waals surface area contributed by atoms with Crippen molar-refractivity contribution in [2.45, 2.75) is 24.8 Å². The molecular formula is C14H24N2O2S2. The highest BCUT2D eigenvalue weighted by Crippen LogP contribution is 2.15. The zero-order valence-corrected chi connectivity index (χ0v) is 14.1. The van der Waals surface area contributed by atoms with E-state index in [2.05, 4.69) is 12.2 Å². The number of nitrogens with one attached hydrogen (secondary N) is 1. The van der Waals surface area contributed by atoms with E-state index in [4.69, 9.17) is 0 Å². The second-order valence-corrected chi connectivity index (χ2v) is 7.67. The van der Waals surface area contributed by atoms with Gasteiger partial charge in [-0.1, -0.05) is 19.1 Å². The molecule has 20 heavy (non-hydrogen) atoms. The summed E-state index contributed by atoms with van der Waals surface area (Å²) in [5.74, 6) is 0.800. The fraction of sp³-hybridized carbons (Fsp3) is 0.571. The lowest BCUT2D eigenvalue weighted by Crippen LogP contribution is -2.29. The van der Waals surface area contributed by atoms with Crippen LogP contribution in [0.4, 0.5) is 0 Å². The molecule has 0 heterocycles. The quantitative estimate of drug-likeness (QED) is 0.709. The summed E-state index contributed by atoms with van der Waals surface area (Å²) in [6, 6.07) is 7.12. The Bertz CT molecular complexity index is 486. The van der Waals surface area contributed by atoms with Crippen molar-refractivity contribution in [3.63, 3.8) is 0 Å². The Morgan fingerprint density at radius 2 is 1.90 bits per heavy atom. The van der Waals surface area contributed by atoms with Crippen LogP contribution in [0.25, 0.3) is 0 Å². The minimum Gasteiger partial charge on any atom is -0.313 e. The van der Waals surface area contributed by atoms with Crippen LogP contribution in [0.5, 0.6) is 0 Å². The summed E-state index contributed by atoms with van der Waals surface area (Å²) in [6.07, 6.45) is 3.06. The zero-order chi connectivity index (χ0) is 15.0. The van der Waals surface area contributed by atoms with Crippen molar-refractivity contribution in [1.29, 1.82) is 0 Å². The van der Waals surface area contributed by atoms with E-state index in [1.165, 1.54) is 4.31 Å². The van der Waals surface area contributed by atoms with Crippen molar-refractivity contribution in [3.05, 3.63) is 29.8 Å². The molecular weight excluding hydrogens is 292 g/mol. The van der Waals surface area contributed by atoms with E-state index in [1.807, 2.05) is 18.4 Å². The van der Waals surface area contributed by atoms with Gasteiger partial charge in [0, 0.05) is 25.9 Å². The van der Waals surface area contributed by atoms with Crippen LogP contribution in [0.1, 0.15) is 18.9 Å². The second kappa shape index (κ2) is 8.67. The molecule has 0 saturated carbocycles. The zero-order valence-electron chi connectivity index (χ0n) is 12.4. The number of benzene rings is 1. The molecule has 4 nitrogen and oxygen atoms in total. The van der Waals surface area contributed by atoms with Gasteiger partial charge in [-0.05, 0) is 36.9 Å². The summed E-state index contributed by atoms with van der Waals surface area (Å²) in [6.45, 7) is 4.39. The molecule has 0 saturated heterocycles. The minimum atomic E-state index is -3.35. The highest BCUT2D eigenvalue weighted by Gasteiger charge is 2.19. The van der Waals surface area contributed by atoms with Crippen LogP contribution in [0, 0.1) is 0 Å². The van der Waals surface area contributed by atoms with Crippen LogP contribution in [0.15, 0.2) is 29.2 Å². The van der Waals surface area contributed by atoms with E-state index < -0.39 is 10.0 Å². The van der Waals surface area contributed by atoms with Gasteiger partial charge in [0.1, 0.15) is 0 Å². The maximum atomic E-state index is 12.3. The third-order valence-corrected chi connectivity index (χ3v) is 5.46. The van der Waals surface area contributed by atoms with E-state index in [0.29, 0.717) is 11.4 Å². The van der Waals surface area contributed by atoms with Crippen LogP contribution in [0.3, 0.4) is 0 Å². The SMILES string of the molecule is CCCNCc1ccc(S(=O)(=O)N(C)CCSC)cc1. The summed E-state index contributed by atoms with van der Waals surface area (Å²) >= 11 is 1.64. The molecule has 0 unspecified atom stereocenters. The van der Waals surface area contributed by atoms with Gasteiger partial charge < -0.3 is 5.32 Å². The third-order valence-electron chi connectivity index (χ3n) is 3.00. The Morgan fingerprint density at radius 1 is 1.25 bits per heavy atom. The molecule has 0 radical (unpaired) electrons. The van der Waals surface area contributed by atoms with Crippen molar-refractivity contribution < 1.29 is 8.42 Å². The highest BCUT2D eigenvalue weighted by atomic mass is 32.2. The van der Waals surface area contributed by atoms with Gasteiger partial charge in [-0.25, -0.2) is 12.7 Å². The predicted molar refractivity (Wildman–Crippen MR) is 86.6 cm³/mol. The molecule has 1 rings (SSSR count). The molecule has 0 spiro atoms. The van der Waals surface area contributed by atoms with E-state index >= 15 is 0 Å². The van der Waals surface area contributed by atoms with Gasteiger partial charge in [-0.15, -0.1) is 0 Å². The molecule has 0 aliphatic rings. The summed E-state index contributed by atoms with van der Waals surface area (Å²) in [5.41, 5.74) is 1.10. The number of nitrogens with zero attached hydrogens (tertiary/aromatic N) is 1. The van der Waals surface area contributed by atoms with E-state index in [1.54, 1.807) is 30.9 Å². The molecule has 1 N–H and O–H groups in total. The molecule has 0 aliphatic heterocycles. The van der Waals surface area contributed by atoms with Crippen LogP contribution in [-0.4, -0.2) is 44.9 Å². The van der Waals surface area contributed by atoms with Crippen molar-refractivity contribution >= 4 is 21.8 Å². The van der Waals surface area contributed by atoms with E-state index in [-0.39, 0.29) is 0 Å².